The lowest BCUT2D eigenvalue weighted by atomic mass is 10.3. The van der Waals surface area contributed by atoms with Gasteiger partial charge in [-0.1, -0.05) is 5.21 Å². The van der Waals surface area contributed by atoms with Crippen molar-refractivity contribution in [3.05, 3.63) is 30.1 Å². The SMILES string of the molecule is Cn1ccnc1Cn1cc(CCCCl)nn1. The van der Waals surface area contributed by atoms with Gasteiger partial charge < -0.3 is 4.57 Å². The van der Waals surface area contributed by atoms with Crippen LogP contribution in [0.15, 0.2) is 18.6 Å². The van der Waals surface area contributed by atoms with Gasteiger partial charge in [-0.2, -0.15) is 0 Å². The molecule has 0 saturated heterocycles. The fourth-order valence-corrected chi connectivity index (χ4v) is 1.61. The quantitative estimate of drug-likeness (QED) is 0.738. The number of hydrogen-bond donors (Lipinski definition) is 0. The van der Waals surface area contributed by atoms with Crippen LogP contribution < -0.4 is 0 Å². The molecule has 2 aromatic rings. The molecule has 0 aromatic carbocycles. The molecule has 0 aliphatic carbocycles. The van der Waals surface area contributed by atoms with Crippen LogP contribution in [0.5, 0.6) is 0 Å². The average Bonchev–Trinajstić information content (AvgIpc) is 2.87. The Hall–Kier alpha value is -1.36. The molecule has 16 heavy (non-hydrogen) atoms. The van der Waals surface area contributed by atoms with Crippen molar-refractivity contribution < 1.29 is 0 Å². The van der Waals surface area contributed by atoms with E-state index in [1.807, 2.05) is 24.0 Å². The van der Waals surface area contributed by atoms with Crippen molar-refractivity contribution in [2.24, 2.45) is 7.05 Å². The van der Waals surface area contributed by atoms with E-state index in [0.29, 0.717) is 12.4 Å². The van der Waals surface area contributed by atoms with Crippen LogP contribution >= 0.6 is 11.6 Å². The van der Waals surface area contributed by atoms with Gasteiger partial charge in [0.25, 0.3) is 0 Å². The molecule has 0 radical (unpaired) electrons. The van der Waals surface area contributed by atoms with Gasteiger partial charge in [0.15, 0.2) is 0 Å². The molecule has 2 aromatic heterocycles. The molecule has 0 amide bonds. The molecule has 0 atom stereocenters. The van der Waals surface area contributed by atoms with E-state index >= 15 is 0 Å². The second-order valence-electron chi connectivity index (χ2n) is 3.65. The van der Waals surface area contributed by atoms with Gasteiger partial charge in [-0.05, 0) is 12.8 Å². The van der Waals surface area contributed by atoms with E-state index in [0.717, 1.165) is 24.4 Å². The number of aromatic nitrogens is 5. The van der Waals surface area contributed by atoms with Gasteiger partial charge in [0, 0.05) is 31.5 Å². The minimum absolute atomic E-state index is 0.650. The Morgan fingerprint density at radius 2 is 2.31 bits per heavy atom. The summed E-state index contributed by atoms with van der Waals surface area (Å²) in [7, 11) is 1.97. The third-order valence-electron chi connectivity index (χ3n) is 2.38. The lowest BCUT2D eigenvalue weighted by Crippen LogP contribution is -2.06. The zero-order chi connectivity index (χ0) is 11.4. The van der Waals surface area contributed by atoms with Crippen molar-refractivity contribution in [3.63, 3.8) is 0 Å². The van der Waals surface area contributed by atoms with Gasteiger partial charge in [-0.25, -0.2) is 9.67 Å². The van der Waals surface area contributed by atoms with Gasteiger partial charge in [0.2, 0.25) is 0 Å². The van der Waals surface area contributed by atoms with Gasteiger partial charge in [-0.15, -0.1) is 16.7 Å². The second kappa shape index (κ2) is 5.12. The largest absolute Gasteiger partial charge is 0.336 e. The Morgan fingerprint density at radius 3 is 3.00 bits per heavy atom. The third kappa shape index (κ3) is 2.61. The van der Waals surface area contributed by atoms with Crippen molar-refractivity contribution in [2.45, 2.75) is 19.4 Å². The fourth-order valence-electron chi connectivity index (χ4n) is 1.47. The Labute approximate surface area is 99.1 Å². The highest BCUT2D eigenvalue weighted by Gasteiger charge is 2.04. The molecule has 6 heteroatoms. The van der Waals surface area contributed by atoms with Crippen LogP contribution in [-0.2, 0) is 20.0 Å². The summed E-state index contributed by atoms with van der Waals surface area (Å²) in [6, 6.07) is 0. The number of nitrogens with zero attached hydrogens (tertiary/aromatic N) is 5. The molecular weight excluding hydrogens is 226 g/mol. The van der Waals surface area contributed by atoms with Gasteiger partial charge >= 0.3 is 0 Å². The minimum Gasteiger partial charge on any atom is -0.336 e. The maximum Gasteiger partial charge on any atom is 0.130 e. The molecule has 2 heterocycles. The molecule has 0 saturated carbocycles. The first-order chi connectivity index (χ1) is 7.79. The topological polar surface area (TPSA) is 48.5 Å². The monoisotopic (exact) mass is 239 g/mol. The number of aryl methyl sites for hydroxylation is 2. The number of imidazole rings is 1. The summed E-state index contributed by atoms with van der Waals surface area (Å²) in [5, 5.41) is 8.14. The summed E-state index contributed by atoms with van der Waals surface area (Å²) in [5.41, 5.74) is 0.981. The van der Waals surface area contributed by atoms with Crippen LogP contribution in [-0.4, -0.2) is 30.4 Å². The van der Waals surface area contributed by atoms with Crippen molar-refractivity contribution in [3.8, 4) is 0 Å². The molecule has 0 unspecified atom stereocenters. The molecular formula is C10H14ClN5. The highest BCUT2D eigenvalue weighted by Crippen LogP contribution is 2.02. The molecule has 0 fully saturated rings. The van der Waals surface area contributed by atoms with E-state index in [-0.39, 0.29) is 0 Å². The van der Waals surface area contributed by atoms with Gasteiger partial charge in [0.1, 0.15) is 12.4 Å². The van der Waals surface area contributed by atoms with Crippen molar-refractivity contribution >= 4 is 11.6 Å². The first kappa shape index (κ1) is 11.1. The second-order valence-corrected chi connectivity index (χ2v) is 4.03. The predicted octanol–water partition coefficient (Wildman–Crippen LogP) is 1.23. The standard InChI is InChI=1S/C10H14ClN5/c1-15-6-5-12-10(15)8-16-7-9(13-14-16)3-2-4-11/h5-7H,2-4,8H2,1H3. The number of hydrogen-bond acceptors (Lipinski definition) is 3. The summed E-state index contributed by atoms with van der Waals surface area (Å²) < 4.78 is 3.77. The first-order valence-corrected chi connectivity index (χ1v) is 5.74. The molecule has 0 spiro atoms. The molecule has 86 valence electrons. The number of halogens is 1. The van der Waals surface area contributed by atoms with E-state index in [4.69, 9.17) is 11.6 Å². The minimum atomic E-state index is 0.650. The fraction of sp³-hybridized carbons (Fsp3) is 0.500. The predicted molar refractivity (Wildman–Crippen MR) is 61.4 cm³/mol. The van der Waals surface area contributed by atoms with E-state index < -0.39 is 0 Å². The summed E-state index contributed by atoms with van der Waals surface area (Å²) in [6.07, 6.45) is 7.45. The summed E-state index contributed by atoms with van der Waals surface area (Å²) in [5.74, 6) is 1.63. The average molecular weight is 240 g/mol. The summed E-state index contributed by atoms with van der Waals surface area (Å²) in [6.45, 7) is 0.650. The van der Waals surface area contributed by atoms with Gasteiger partial charge in [-0.3, -0.25) is 0 Å². The van der Waals surface area contributed by atoms with Crippen LogP contribution in [0.2, 0.25) is 0 Å². The molecule has 2 rings (SSSR count). The first-order valence-electron chi connectivity index (χ1n) is 5.21. The Morgan fingerprint density at radius 1 is 1.44 bits per heavy atom. The van der Waals surface area contributed by atoms with Crippen molar-refractivity contribution in [2.75, 3.05) is 5.88 Å². The van der Waals surface area contributed by atoms with Crippen LogP contribution in [0.3, 0.4) is 0 Å². The summed E-state index contributed by atoms with van der Waals surface area (Å²) >= 11 is 5.63. The number of rotatable bonds is 5. The Kier molecular flexibility index (Phi) is 3.56. The Balaban J connectivity index is 2.00. The van der Waals surface area contributed by atoms with Crippen molar-refractivity contribution in [1.82, 2.24) is 24.5 Å². The van der Waals surface area contributed by atoms with Crippen LogP contribution in [0, 0.1) is 0 Å². The molecule has 0 aliphatic heterocycles. The highest BCUT2D eigenvalue weighted by atomic mass is 35.5. The van der Waals surface area contributed by atoms with E-state index in [1.54, 1.807) is 10.9 Å². The highest BCUT2D eigenvalue weighted by molar-refractivity contribution is 6.17. The third-order valence-corrected chi connectivity index (χ3v) is 2.64. The molecule has 0 bridgehead atoms. The maximum absolute atomic E-state index is 5.63. The molecule has 5 nitrogen and oxygen atoms in total. The lowest BCUT2D eigenvalue weighted by molar-refractivity contribution is 0.607. The lowest BCUT2D eigenvalue weighted by Gasteiger charge is -2.00. The van der Waals surface area contributed by atoms with Gasteiger partial charge in [0.05, 0.1) is 5.69 Å². The zero-order valence-corrected chi connectivity index (χ0v) is 9.93. The van der Waals surface area contributed by atoms with E-state index in [9.17, 15) is 0 Å². The summed E-state index contributed by atoms with van der Waals surface area (Å²) in [4.78, 5) is 4.24. The molecule has 0 N–H and O–H groups in total. The zero-order valence-electron chi connectivity index (χ0n) is 9.17. The van der Waals surface area contributed by atoms with Crippen LogP contribution in [0.25, 0.3) is 0 Å². The smallest absolute Gasteiger partial charge is 0.130 e. The van der Waals surface area contributed by atoms with Crippen molar-refractivity contribution in [1.29, 1.82) is 0 Å². The molecule has 0 aliphatic rings. The maximum atomic E-state index is 5.63. The number of alkyl halides is 1. The van der Waals surface area contributed by atoms with E-state index in [2.05, 4.69) is 15.3 Å². The Bertz CT molecular complexity index is 448. The van der Waals surface area contributed by atoms with Crippen LogP contribution in [0.1, 0.15) is 17.9 Å². The van der Waals surface area contributed by atoms with E-state index in [1.165, 1.54) is 0 Å². The normalized spacial score (nSPS) is 10.9. The van der Waals surface area contributed by atoms with Crippen LogP contribution in [0.4, 0.5) is 0 Å².